The Hall–Kier alpha value is -2.35. The molecule has 1 atom stereocenters. The number of benzene rings is 1. The lowest BCUT2D eigenvalue weighted by atomic mass is 10.1. The Morgan fingerprint density at radius 3 is 2.92 bits per heavy atom. The lowest BCUT2D eigenvalue weighted by molar-refractivity contribution is -0.122. The maximum Gasteiger partial charge on any atom is 0.232 e. The summed E-state index contributed by atoms with van der Waals surface area (Å²) >= 11 is 1.62. The summed E-state index contributed by atoms with van der Waals surface area (Å²) in [6.45, 7) is 5.24. The Kier molecular flexibility index (Phi) is 3.99. The molecule has 1 unspecified atom stereocenters. The minimum Gasteiger partial charge on any atom is -0.312 e. The minimum absolute atomic E-state index is 0.0227. The van der Waals surface area contributed by atoms with Crippen LogP contribution in [-0.4, -0.2) is 38.9 Å². The minimum atomic E-state index is -0.379. The Bertz CT molecular complexity index is 863. The zero-order valence-corrected chi connectivity index (χ0v) is 15.0. The molecule has 1 fully saturated rings. The van der Waals surface area contributed by atoms with E-state index in [1.165, 1.54) is 5.56 Å². The summed E-state index contributed by atoms with van der Waals surface area (Å²) in [6.07, 6.45) is 0.217. The highest BCUT2D eigenvalue weighted by Crippen LogP contribution is 2.29. The average molecular weight is 357 g/mol. The number of thioether (sulfide) groups is 1. The van der Waals surface area contributed by atoms with Crippen LogP contribution in [0.4, 0.5) is 11.6 Å². The fraction of sp³-hybridized carbons (Fsp3) is 0.412. The molecule has 2 aromatic rings. The Balaban J connectivity index is 1.47. The van der Waals surface area contributed by atoms with Crippen LogP contribution in [0.2, 0.25) is 0 Å². The predicted molar refractivity (Wildman–Crippen MR) is 95.8 cm³/mol. The Morgan fingerprint density at radius 1 is 1.28 bits per heavy atom. The maximum atomic E-state index is 12.6. The van der Waals surface area contributed by atoms with E-state index in [9.17, 15) is 9.59 Å². The summed E-state index contributed by atoms with van der Waals surface area (Å²) in [5, 5.41) is 11.7. The van der Waals surface area contributed by atoms with Crippen molar-refractivity contribution >= 4 is 35.2 Å². The van der Waals surface area contributed by atoms with Crippen LogP contribution in [0.25, 0.3) is 0 Å². The van der Waals surface area contributed by atoms with Crippen molar-refractivity contribution in [3.05, 3.63) is 29.3 Å². The first kappa shape index (κ1) is 16.1. The molecule has 4 rings (SSSR count). The standard InChI is InChI=1S/C17H19N5O2S/c1-10-3-4-13(7-11(10)2)22-9-12(8-14(22)23)15(24)18-16-19-20-17-21(16)5-6-25-17/h3-4,7,12H,5-6,8-9H2,1-2H3,(H,18,19,24). The van der Waals surface area contributed by atoms with Crippen molar-refractivity contribution in [1.29, 1.82) is 0 Å². The van der Waals surface area contributed by atoms with Crippen molar-refractivity contribution in [2.24, 2.45) is 5.92 Å². The zero-order valence-electron chi connectivity index (χ0n) is 14.2. The van der Waals surface area contributed by atoms with Crippen molar-refractivity contribution in [3.63, 3.8) is 0 Å². The molecule has 2 amide bonds. The highest BCUT2D eigenvalue weighted by molar-refractivity contribution is 7.99. The van der Waals surface area contributed by atoms with Gasteiger partial charge in [-0.3, -0.25) is 19.5 Å². The van der Waals surface area contributed by atoms with Gasteiger partial charge in [0.25, 0.3) is 0 Å². The number of rotatable bonds is 3. The number of fused-ring (bicyclic) bond motifs is 1. The quantitative estimate of drug-likeness (QED) is 0.909. The number of carbonyl (C=O) groups is 2. The molecular weight excluding hydrogens is 338 g/mol. The smallest absolute Gasteiger partial charge is 0.232 e. The summed E-state index contributed by atoms with van der Waals surface area (Å²) in [5.74, 6) is 0.839. The fourth-order valence-corrected chi connectivity index (χ4v) is 4.04. The summed E-state index contributed by atoms with van der Waals surface area (Å²) in [5.41, 5.74) is 3.17. The van der Waals surface area contributed by atoms with Gasteiger partial charge < -0.3 is 4.90 Å². The van der Waals surface area contributed by atoms with Crippen LogP contribution in [0.5, 0.6) is 0 Å². The molecule has 1 aromatic heterocycles. The number of nitrogens with zero attached hydrogens (tertiary/aromatic N) is 4. The maximum absolute atomic E-state index is 12.6. The van der Waals surface area contributed by atoms with E-state index in [1.54, 1.807) is 16.7 Å². The number of carbonyl (C=O) groups excluding carboxylic acids is 2. The van der Waals surface area contributed by atoms with E-state index in [4.69, 9.17) is 0 Å². The number of aryl methyl sites for hydroxylation is 2. The van der Waals surface area contributed by atoms with E-state index >= 15 is 0 Å². The first-order valence-corrected chi connectivity index (χ1v) is 9.26. The molecular formula is C17H19N5O2S. The van der Waals surface area contributed by atoms with Crippen LogP contribution in [0.3, 0.4) is 0 Å². The number of amides is 2. The van der Waals surface area contributed by atoms with Gasteiger partial charge in [0.1, 0.15) is 0 Å². The number of anilines is 2. The molecule has 130 valence electrons. The monoisotopic (exact) mass is 357 g/mol. The number of nitrogens with one attached hydrogen (secondary N) is 1. The van der Waals surface area contributed by atoms with Crippen LogP contribution < -0.4 is 10.2 Å². The topological polar surface area (TPSA) is 80.1 Å². The van der Waals surface area contributed by atoms with Gasteiger partial charge in [-0.2, -0.15) is 0 Å². The first-order chi connectivity index (χ1) is 12.0. The van der Waals surface area contributed by atoms with Crippen LogP contribution in [-0.2, 0) is 16.1 Å². The third kappa shape index (κ3) is 2.90. The second kappa shape index (κ2) is 6.18. The van der Waals surface area contributed by atoms with Crippen LogP contribution in [0.15, 0.2) is 23.4 Å². The lowest BCUT2D eigenvalue weighted by Gasteiger charge is -2.18. The zero-order chi connectivity index (χ0) is 17.6. The third-order valence-electron chi connectivity index (χ3n) is 4.80. The van der Waals surface area contributed by atoms with E-state index in [2.05, 4.69) is 15.5 Å². The first-order valence-electron chi connectivity index (χ1n) is 8.27. The molecule has 2 aliphatic rings. The van der Waals surface area contributed by atoms with E-state index in [-0.39, 0.29) is 24.2 Å². The van der Waals surface area contributed by atoms with Crippen molar-refractivity contribution < 1.29 is 9.59 Å². The molecule has 1 aromatic carbocycles. The average Bonchev–Trinajstić information content (AvgIpc) is 3.27. The van der Waals surface area contributed by atoms with Gasteiger partial charge in [0.15, 0.2) is 5.16 Å². The summed E-state index contributed by atoms with van der Waals surface area (Å²) in [6, 6.07) is 5.93. The van der Waals surface area contributed by atoms with Gasteiger partial charge >= 0.3 is 0 Å². The molecule has 25 heavy (non-hydrogen) atoms. The molecule has 1 saturated heterocycles. The number of hydrogen-bond acceptors (Lipinski definition) is 5. The SMILES string of the molecule is Cc1ccc(N2CC(C(=O)Nc3nnc4n3CCS4)CC2=O)cc1C. The second-order valence-corrected chi connectivity index (χ2v) is 7.53. The fourth-order valence-electron chi connectivity index (χ4n) is 3.16. The van der Waals surface area contributed by atoms with Crippen molar-refractivity contribution in [2.75, 3.05) is 22.5 Å². The second-order valence-electron chi connectivity index (χ2n) is 6.47. The molecule has 0 saturated carbocycles. The van der Waals surface area contributed by atoms with Gasteiger partial charge in [-0.25, -0.2) is 0 Å². The van der Waals surface area contributed by atoms with E-state index in [0.29, 0.717) is 12.5 Å². The van der Waals surface area contributed by atoms with Crippen LogP contribution in [0.1, 0.15) is 17.5 Å². The molecule has 7 nitrogen and oxygen atoms in total. The summed E-state index contributed by atoms with van der Waals surface area (Å²) in [4.78, 5) is 26.7. The molecule has 0 aliphatic carbocycles. The third-order valence-corrected chi connectivity index (χ3v) is 5.74. The van der Waals surface area contributed by atoms with E-state index in [1.807, 2.05) is 36.6 Å². The van der Waals surface area contributed by atoms with Gasteiger partial charge in [0.05, 0.1) is 5.92 Å². The molecule has 2 aliphatic heterocycles. The molecule has 0 radical (unpaired) electrons. The van der Waals surface area contributed by atoms with Crippen LogP contribution in [0, 0.1) is 19.8 Å². The molecule has 3 heterocycles. The normalized spacial score (nSPS) is 19.4. The van der Waals surface area contributed by atoms with Gasteiger partial charge in [0.2, 0.25) is 17.8 Å². The number of hydrogen-bond donors (Lipinski definition) is 1. The lowest BCUT2D eigenvalue weighted by Crippen LogP contribution is -2.29. The summed E-state index contributed by atoms with van der Waals surface area (Å²) < 4.78 is 1.90. The van der Waals surface area contributed by atoms with Crippen molar-refractivity contribution in [3.8, 4) is 0 Å². The molecule has 0 spiro atoms. The Morgan fingerprint density at radius 2 is 2.12 bits per heavy atom. The highest BCUT2D eigenvalue weighted by atomic mass is 32.2. The number of aromatic nitrogens is 3. The highest BCUT2D eigenvalue weighted by Gasteiger charge is 2.36. The molecule has 0 bridgehead atoms. The molecule has 1 N–H and O–H groups in total. The van der Waals surface area contributed by atoms with E-state index in [0.717, 1.165) is 28.7 Å². The summed E-state index contributed by atoms with van der Waals surface area (Å²) in [7, 11) is 0. The van der Waals surface area contributed by atoms with Gasteiger partial charge in [-0.05, 0) is 37.1 Å². The Labute approximate surface area is 149 Å². The van der Waals surface area contributed by atoms with Gasteiger partial charge in [-0.15, -0.1) is 10.2 Å². The van der Waals surface area contributed by atoms with Gasteiger partial charge in [0, 0.05) is 31.0 Å². The van der Waals surface area contributed by atoms with Crippen LogP contribution >= 0.6 is 11.8 Å². The van der Waals surface area contributed by atoms with E-state index < -0.39 is 0 Å². The largest absolute Gasteiger partial charge is 0.312 e. The van der Waals surface area contributed by atoms with Gasteiger partial charge in [-0.1, -0.05) is 17.8 Å². The molecule has 8 heteroatoms. The van der Waals surface area contributed by atoms with Crippen molar-refractivity contribution in [1.82, 2.24) is 14.8 Å². The predicted octanol–water partition coefficient (Wildman–Crippen LogP) is 1.99. The van der Waals surface area contributed by atoms with Crippen molar-refractivity contribution in [2.45, 2.75) is 32.0 Å².